The van der Waals surface area contributed by atoms with Gasteiger partial charge in [0.2, 0.25) is 0 Å². The predicted octanol–water partition coefficient (Wildman–Crippen LogP) is 4.72. The molecule has 160 valence electrons. The fourth-order valence-electron chi connectivity index (χ4n) is 4.46. The zero-order valence-corrected chi connectivity index (χ0v) is 17.7. The second kappa shape index (κ2) is 8.61. The van der Waals surface area contributed by atoms with Gasteiger partial charge in [0, 0.05) is 43.8 Å². The minimum atomic E-state index is -0.109. The van der Waals surface area contributed by atoms with E-state index in [1.165, 1.54) is 11.8 Å². The number of halogens is 1. The molecule has 2 atom stereocenters. The fraction of sp³-hybridized carbons (Fsp3) is 0.304. The summed E-state index contributed by atoms with van der Waals surface area (Å²) in [5.74, 6) is 3.02. The van der Waals surface area contributed by atoms with E-state index in [9.17, 15) is 4.79 Å². The maximum Gasteiger partial charge on any atom is 0.323 e. The number of ether oxygens (including phenoxy) is 1. The third-order valence-corrected chi connectivity index (χ3v) is 6.13. The van der Waals surface area contributed by atoms with Crippen LogP contribution in [0.5, 0.6) is 11.5 Å². The van der Waals surface area contributed by atoms with E-state index in [-0.39, 0.29) is 6.03 Å². The summed E-state index contributed by atoms with van der Waals surface area (Å²) < 4.78 is 10.7. The van der Waals surface area contributed by atoms with E-state index in [4.69, 9.17) is 20.9 Å². The molecule has 0 saturated carbocycles. The number of urea groups is 1. The van der Waals surface area contributed by atoms with Gasteiger partial charge in [-0.3, -0.25) is 10.2 Å². The van der Waals surface area contributed by atoms with Crippen molar-refractivity contribution in [3.63, 3.8) is 0 Å². The van der Waals surface area contributed by atoms with Gasteiger partial charge in [0.05, 0.1) is 0 Å². The quantitative estimate of drug-likeness (QED) is 0.624. The third-order valence-electron chi connectivity index (χ3n) is 5.88. The molecule has 8 heteroatoms. The second-order valence-electron chi connectivity index (χ2n) is 8.14. The number of hydrogen-bond donors (Lipinski definition) is 1. The van der Waals surface area contributed by atoms with Crippen LogP contribution in [0.2, 0.25) is 5.02 Å². The third kappa shape index (κ3) is 4.68. The molecule has 1 aromatic heterocycles. The van der Waals surface area contributed by atoms with Crippen LogP contribution in [0.3, 0.4) is 0 Å². The van der Waals surface area contributed by atoms with E-state index in [1.54, 1.807) is 6.07 Å². The molecule has 2 amide bonds. The van der Waals surface area contributed by atoms with Crippen LogP contribution in [0, 0.1) is 11.8 Å². The molecule has 7 nitrogen and oxygen atoms in total. The lowest BCUT2D eigenvalue weighted by atomic mass is 10.0. The van der Waals surface area contributed by atoms with Gasteiger partial charge in [0.25, 0.3) is 0 Å². The number of nitrogens with zero attached hydrogens (tertiary/aromatic N) is 3. The number of aromatic nitrogens is 1. The minimum absolute atomic E-state index is 0.109. The molecule has 5 rings (SSSR count). The Hall–Kier alpha value is -3.03. The molecule has 0 bridgehead atoms. The Morgan fingerprint density at radius 2 is 1.84 bits per heavy atom. The van der Waals surface area contributed by atoms with Gasteiger partial charge in [0.1, 0.15) is 17.8 Å². The highest BCUT2D eigenvalue weighted by atomic mass is 35.5. The van der Waals surface area contributed by atoms with E-state index >= 15 is 0 Å². The van der Waals surface area contributed by atoms with Gasteiger partial charge >= 0.3 is 6.03 Å². The molecule has 2 aliphatic rings. The van der Waals surface area contributed by atoms with E-state index < -0.39 is 0 Å². The fourth-order valence-corrected chi connectivity index (χ4v) is 4.58. The van der Waals surface area contributed by atoms with Crippen molar-refractivity contribution in [3.05, 3.63) is 71.4 Å². The molecule has 2 aromatic carbocycles. The summed E-state index contributed by atoms with van der Waals surface area (Å²) in [5, 5.41) is 7.21. The Kier molecular flexibility index (Phi) is 5.53. The van der Waals surface area contributed by atoms with Crippen molar-refractivity contribution >= 4 is 23.4 Å². The van der Waals surface area contributed by atoms with Crippen LogP contribution < -0.4 is 10.1 Å². The molecule has 2 aliphatic heterocycles. The van der Waals surface area contributed by atoms with E-state index in [1.807, 2.05) is 41.3 Å². The summed E-state index contributed by atoms with van der Waals surface area (Å²) in [7, 11) is 0. The summed E-state index contributed by atoms with van der Waals surface area (Å²) in [4.78, 5) is 16.8. The second-order valence-corrected chi connectivity index (χ2v) is 8.57. The number of carbonyl (C=O) groups is 1. The van der Waals surface area contributed by atoms with Crippen molar-refractivity contribution in [2.75, 3.05) is 31.5 Å². The first-order valence-corrected chi connectivity index (χ1v) is 10.7. The molecular weight excluding hydrogens is 416 g/mol. The zero-order chi connectivity index (χ0) is 21.2. The number of hydrogen-bond acceptors (Lipinski definition) is 5. The summed E-state index contributed by atoms with van der Waals surface area (Å²) >= 11 is 5.94. The molecule has 3 heterocycles. The van der Waals surface area contributed by atoms with Gasteiger partial charge in [-0.1, -0.05) is 28.9 Å². The summed E-state index contributed by atoms with van der Waals surface area (Å²) in [6, 6.07) is 17.1. The minimum Gasteiger partial charge on any atom is -0.457 e. The lowest BCUT2D eigenvalue weighted by Gasteiger charge is -2.21. The van der Waals surface area contributed by atoms with Crippen molar-refractivity contribution in [1.82, 2.24) is 15.0 Å². The lowest BCUT2D eigenvalue weighted by Crippen LogP contribution is -2.36. The average Bonchev–Trinajstić information content (AvgIpc) is 3.47. The number of carbonyl (C=O) groups excluding carboxylic acids is 1. The van der Waals surface area contributed by atoms with Gasteiger partial charge < -0.3 is 14.2 Å². The number of amides is 2. The molecule has 0 aliphatic carbocycles. The van der Waals surface area contributed by atoms with Crippen LogP contribution in [0.25, 0.3) is 0 Å². The molecule has 2 saturated heterocycles. The highest BCUT2D eigenvalue weighted by Crippen LogP contribution is 2.33. The Morgan fingerprint density at radius 1 is 1.06 bits per heavy atom. The Morgan fingerprint density at radius 3 is 2.55 bits per heavy atom. The summed E-state index contributed by atoms with van der Waals surface area (Å²) in [6.45, 7) is 4.38. The predicted molar refractivity (Wildman–Crippen MR) is 117 cm³/mol. The lowest BCUT2D eigenvalue weighted by molar-refractivity contribution is 0.211. The highest BCUT2D eigenvalue weighted by Gasteiger charge is 2.41. The van der Waals surface area contributed by atoms with Gasteiger partial charge in [0.15, 0.2) is 5.82 Å². The van der Waals surface area contributed by atoms with Gasteiger partial charge in [-0.15, -0.1) is 0 Å². The number of anilines is 1. The topological polar surface area (TPSA) is 70.8 Å². The molecule has 0 radical (unpaired) electrons. The highest BCUT2D eigenvalue weighted by molar-refractivity contribution is 6.30. The van der Waals surface area contributed by atoms with Crippen molar-refractivity contribution in [2.24, 2.45) is 11.8 Å². The van der Waals surface area contributed by atoms with Crippen molar-refractivity contribution in [3.8, 4) is 11.5 Å². The zero-order valence-electron chi connectivity index (χ0n) is 16.9. The van der Waals surface area contributed by atoms with Crippen LogP contribution in [0.1, 0.15) is 5.56 Å². The standard InChI is InChI=1S/C23H23ClN4O3/c24-19-4-6-20(7-5-19)31-21-3-1-2-16(10-21)11-27-12-17-14-28(15-18(17)13-27)23(29)25-22-8-9-30-26-22/h1-10,17-18H,11-15H2,(H,25,26,29). The first-order chi connectivity index (χ1) is 15.1. The largest absolute Gasteiger partial charge is 0.457 e. The van der Waals surface area contributed by atoms with E-state index in [0.717, 1.165) is 44.2 Å². The summed E-state index contributed by atoms with van der Waals surface area (Å²) in [5.41, 5.74) is 1.21. The normalized spacial score (nSPS) is 20.6. The molecule has 2 fully saturated rings. The molecule has 1 N–H and O–H groups in total. The van der Waals surface area contributed by atoms with Gasteiger partial charge in [-0.2, -0.15) is 0 Å². The first-order valence-electron chi connectivity index (χ1n) is 10.3. The Balaban J connectivity index is 1.14. The number of likely N-dealkylation sites (tertiary alicyclic amines) is 2. The van der Waals surface area contributed by atoms with Crippen LogP contribution in [-0.2, 0) is 6.54 Å². The van der Waals surface area contributed by atoms with Crippen molar-refractivity contribution in [1.29, 1.82) is 0 Å². The average molecular weight is 439 g/mol. The van der Waals surface area contributed by atoms with Crippen molar-refractivity contribution < 1.29 is 14.1 Å². The van der Waals surface area contributed by atoms with E-state index in [0.29, 0.717) is 22.7 Å². The maximum atomic E-state index is 12.4. The van der Waals surface area contributed by atoms with Crippen LogP contribution in [0.15, 0.2) is 65.4 Å². The first kappa shape index (κ1) is 19.9. The van der Waals surface area contributed by atoms with E-state index in [2.05, 4.69) is 27.5 Å². The number of rotatable bonds is 5. The van der Waals surface area contributed by atoms with Gasteiger partial charge in [-0.25, -0.2) is 4.79 Å². The van der Waals surface area contributed by atoms with Crippen LogP contribution in [-0.4, -0.2) is 47.2 Å². The van der Waals surface area contributed by atoms with Crippen molar-refractivity contribution in [2.45, 2.75) is 6.54 Å². The summed E-state index contributed by atoms with van der Waals surface area (Å²) in [6.07, 6.45) is 1.45. The maximum absolute atomic E-state index is 12.4. The van der Waals surface area contributed by atoms with Gasteiger partial charge in [-0.05, 0) is 53.8 Å². The van der Waals surface area contributed by atoms with Crippen LogP contribution in [0.4, 0.5) is 10.6 Å². The number of fused-ring (bicyclic) bond motifs is 1. The molecule has 2 unspecified atom stereocenters. The number of benzene rings is 2. The molecule has 3 aromatic rings. The Bertz CT molecular complexity index is 1030. The Labute approximate surface area is 185 Å². The monoisotopic (exact) mass is 438 g/mol. The van der Waals surface area contributed by atoms with Crippen LogP contribution >= 0.6 is 11.6 Å². The number of nitrogens with one attached hydrogen (secondary N) is 1. The SMILES string of the molecule is O=C(Nc1ccon1)N1CC2CN(Cc3cccc(Oc4ccc(Cl)cc4)c3)CC2C1. The molecule has 0 spiro atoms. The molecule has 31 heavy (non-hydrogen) atoms. The smallest absolute Gasteiger partial charge is 0.323 e. The molecular formula is C23H23ClN4O3.